The Labute approximate surface area is 126 Å². The van der Waals surface area contributed by atoms with Gasteiger partial charge in [0.05, 0.1) is 18.7 Å². The Balaban J connectivity index is 1.96. The molecule has 0 aliphatic heterocycles. The van der Waals surface area contributed by atoms with Gasteiger partial charge in [0.15, 0.2) is 0 Å². The lowest BCUT2D eigenvalue weighted by Crippen LogP contribution is -2.28. The molecule has 118 valence electrons. The fraction of sp³-hybridized carbons (Fsp3) is 0.385. The van der Waals surface area contributed by atoms with Gasteiger partial charge in [-0.2, -0.15) is 0 Å². The molecule has 1 aromatic heterocycles. The van der Waals surface area contributed by atoms with Crippen molar-refractivity contribution < 1.29 is 13.9 Å². The number of benzene rings is 1. The highest BCUT2D eigenvalue weighted by molar-refractivity contribution is 5.96. The number of aromatic nitrogens is 4. The zero-order valence-electron chi connectivity index (χ0n) is 11.9. The van der Waals surface area contributed by atoms with Crippen LogP contribution in [0.15, 0.2) is 24.5 Å². The number of nitrogens with zero attached hydrogens (tertiary/aromatic N) is 4. The number of hydrogen-bond donors (Lipinski definition) is 2. The predicted molar refractivity (Wildman–Crippen MR) is 75.7 cm³/mol. The molecule has 1 heterocycles. The first-order chi connectivity index (χ1) is 10.7. The van der Waals surface area contributed by atoms with E-state index in [0.717, 1.165) is 6.07 Å². The Hall–Kier alpha value is -2.55. The lowest BCUT2D eigenvalue weighted by atomic mass is 10.2. The maximum absolute atomic E-state index is 13.4. The molecule has 0 aliphatic carbocycles. The number of amides is 1. The van der Waals surface area contributed by atoms with Crippen molar-refractivity contribution in [1.82, 2.24) is 25.5 Å². The molecule has 0 radical (unpaired) electrons. The summed E-state index contributed by atoms with van der Waals surface area (Å²) >= 11 is 0. The van der Waals surface area contributed by atoms with Crippen LogP contribution in [0, 0.1) is 5.82 Å². The van der Waals surface area contributed by atoms with Crippen LogP contribution >= 0.6 is 0 Å². The molecule has 0 fully saturated rings. The molecular weight excluding hydrogens is 291 g/mol. The second-order valence-corrected chi connectivity index (χ2v) is 4.46. The Morgan fingerprint density at radius 2 is 2.32 bits per heavy atom. The standard InChI is InChI=1S/C13H17FN6O2/c14-10-2-3-12(22-7-1-4-15)11(8-10)13(21)16-5-6-20-9-17-18-19-20/h2-3,8-9H,1,4-7,15H2,(H,16,21). The maximum atomic E-state index is 13.4. The second-order valence-electron chi connectivity index (χ2n) is 4.46. The van der Waals surface area contributed by atoms with Crippen LogP contribution in [-0.2, 0) is 6.54 Å². The van der Waals surface area contributed by atoms with Crippen LogP contribution in [0.3, 0.4) is 0 Å². The third-order valence-corrected chi connectivity index (χ3v) is 2.81. The van der Waals surface area contributed by atoms with E-state index < -0.39 is 11.7 Å². The summed E-state index contributed by atoms with van der Waals surface area (Å²) in [5.74, 6) is -0.595. The highest BCUT2D eigenvalue weighted by atomic mass is 19.1. The van der Waals surface area contributed by atoms with Crippen molar-refractivity contribution in [1.29, 1.82) is 0 Å². The fourth-order valence-corrected chi connectivity index (χ4v) is 1.73. The van der Waals surface area contributed by atoms with Crippen LogP contribution in [0.5, 0.6) is 5.75 Å². The van der Waals surface area contributed by atoms with Crippen LogP contribution in [0.25, 0.3) is 0 Å². The minimum absolute atomic E-state index is 0.147. The number of carbonyl (C=O) groups excluding carboxylic acids is 1. The zero-order valence-corrected chi connectivity index (χ0v) is 11.9. The van der Waals surface area contributed by atoms with Crippen molar-refractivity contribution in [2.45, 2.75) is 13.0 Å². The molecule has 2 aromatic rings. The van der Waals surface area contributed by atoms with E-state index in [1.54, 1.807) is 0 Å². The van der Waals surface area contributed by atoms with Gasteiger partial charge in [-0.25, -0.2) is 9.07 Å². The number of carbonyl (C=O) groups is 1. The molecule has 8 nitrogen and oxygen atoms in total. The molecule has 1 amide bonds. The number of halogens is 1. The summed E-state index contributed by atoms with van der Waals surface area (Å²) in [5, 5.41) is 13.3. The van der Waals surface area contributed by atoms with Crippen molar-refractivity contribution in [3.05, 3.63) is 35.9 Å². The Bertz CT molecular complexity index is 605. The van der Waals surface area contributed by atoms with E-state index in [4.69, 9.17) is 10.5 Å². The van der Waals surface area contributed by atoms with Crippen molar-refractivity contribution >= 4 is 5.91 Å². The Morgan fingerprint density at radius 3 is 3.05 bits per heavy atom. The zero-order chi connectivity index (χ0) is 15.8. The summed E-state index contributed by atoms with van der Waals surface area (Å²) in [6, 6.07) is 3.82. The Morgan fingerprint density at radius 1 is 1.45 bits per heavy atom. The summed E-state index contributed by atoms with van der Waals surface area (Å²) in [7, 11) is 0. The van der Waals surface area contributed by atoms with E-state index in [-0.39, 0.29) is 5.56 Å². The van der Waals surface area contributed by atoms with Crippen LogP contribution < -0.4 is 15.8 Å². The first kappa shape index (κ1) is 15.8. The molecule has 0 aliphatic rings. The van der Waals surface area contributed by atoms with Crippen LogP contribution in [-0.4, -0.2) is 45.8 Å². The molecule has 3 N–H and O–H groups in total. The number of nitrogens with one attached hydrogen (secondary N) is 1. The second kappa shape index (κ2) is 8.03. The van der Waals surface area contributed by atoms with Crippen molar-refractivity contribution in [3.8, 4) is 5.75 Å². The summed E-state index contributed by atoms with van der Waals surface area (Å²) in [5.41, 5.74) is 5.54. The molecule has 0 saturated heterocycles. The topological polar surface area (TPSA) is 108 Å². The average Bonchev–Trinajstić information content (AvgIpc) is 3.02. The van der Waals surface area contributed by atoms with Gasteiger partial charge in [0.1, 0.15) is 17.9 Å². The van der Waals surface area contributed by atoms with Gasteiger partial charge in [0.25, 0.3) is 5.91 Å². The van der Waals surface area contributed by atoms with E-state index >= 15 is 0 Å². The number of rotatable bonds is 8. The van der Waals surface area contributed by atoms with Gasteiger partial charge in [-0.15, -0.1) is 5.10 Å². The van der Waals surface area contributed by atoms with Crippen LogP contribution in [0.2, 0.25) is 0 Å². The van der Waals surface area contributed by atoms with Crippen LogP contribution in [0.4, 0.5) is 4.39 Å². The van der Waals surface area contributed by atoms with E-state index in [2.05, 4.69) is 20.8 Å². The highest BCUT2D eigenvalue weighted by Crippen LogP contribution is 2.19. The summed E-state index contributed by atoms with van der Waals surface area (Å²) in [4.78, 5) is 12.1. The molecule has 0 spiro atoms. The summed E-state index contributed by atoms with van der Waals surface area (Å²) < 4.78 is 20.3. The number of ether oxygens (including phenoxy) is 1. The van der Waals surface area contributed by atoms with Crippen molar-refractivity contribution in [2.75, 3.05) is 19.7 Å². The normalized spacial score (nSPS) is 10.5. The fourth-order valence-electron chi connectivity index (χ4n) is 1.73. The average molecular weight is 308 g/mol. The first-order valence-corrected chi connectivity index (χ1v) is 6.82. The molecule has 1 aromatic carbocycles. The van der Waals surface area contributed by atoms with E-state index in [0.29, 0.717) is 38.4 Å². The number of tetrazole rings is 1. The Kier molecular flexibility index (Phi) is 5.78. The highest BCUT2D eigenvalue weighted by Gasteiger charge is 2.13. The lowest BCUT2D eigenvalue weighted by Gasteiger charge is -2.11. The number of hydrogen-bond acceptors (Lipinski definition) is 6. The largest absolute Gasteiger partial charge is 0.493 e. The molecule has 0 unspecified atom stereocenters. The lowest BCUT2D eigenvalue weighted by molar-refractivity contribution is 0.0947. The van der Waals surface area contributed by atoms with Crippen molar-refractivity contribution in [2.24, 2.45) is 5.73 Å². The molecule has 0 saturated carbocycles. The monoisotopic (exact) mass is 308 g/mol. The smallest absolute Gasteiger partial charge is 0.255 e. The van der Waals surface area contributed by atoms with Crippen LogP contribution in [0.1, 0.15) is 16.8 Å². The SMILES string of the molecule is NCCCOc1ccc(F)cc1C(=O)NCCn1cnnn1. The maximum Gasteiger partial charge on any atom is 0.255 e. The molecule has 9 heteroatoms. The van der Waals surface area contributed by atoms with Gasteiger partial charge < -0.3 is 15.8 Å². The molecular formula is C13H17FN6O2. The van der Waals surface area contributed by atoms with Gasteiger partial charge in [0.2, 0.25) is 0 Å². The van der Waals surface area contributed by atoms with E-state index in [9.17, 15) is 9.18 Å². The van der Waals surface area contributed by atoms with Gasteiger partial charge in [-0.1, -0.05) is 0 Å². The molecule has 0 bridgehead atoms. The van der Waals surface area contributed by atoms with Gasteiger partial charge in [0, 0.05) is 6.54 Å². The van der Waals surface area contributed by atoms with E-state index in [1.165, 1.54) is 23.1 Å². The first-order valence-electron chi connectivity index (χ1n) is 6.82. The minimum Gasteiger partial charge on any atom is -0.493 e. The quantitative estimate of drug-likeness (QED) is 0.663. The third-order valence-electron chi connectivity index (χ3n) is 2.81. The predicted octanol–water partition coefficient (Wildman–Crippen LogP) is -0.0302. The van der Waals surface area contributed by atoms with E-state index in [1.807, 2.05) is 0 Å². The molecule has 22 heavy (non-hydrogen) atoms. The number of nitrogens with two attached hydrogens (primary N) is 1. The molecule has 0 atom stereocenters. The third kappa shape index (κ3) is 4.48. The minimum atomic E-state index is -0.503. The van der Waals surface area contributed by atoms with Gasteiger partial charge in [-0.05, 0) is 41.6 Å². The summed E-state index contributed by atoms with van der Waals surface area (Å²) in [6.45, 7) is 1.57. The van der Waals surface area contributed by atoms with Gasteiger partial charge in [-0.3, -0.25) is 4.79 Å². The molecule has 2 rings (SSSR count). The summed E-state index contributed by atoms with van der Waals surface area (Å²) in [6.07, 6.45) is 2.09. The van der Waals surface area contributed by atoms with Crippen molar-refractivity contribution in [3.63, 3.8) is 0 Å². The van der Waals surface area contributed by atoms with Gasteiger partial charge >= 0.3 is 0 Å².